The molecule has 0 aliphatic carbocycles. The van der Waals surface area contributed by atoms with Crippen molar-refractivity contribution in [2.24, 2.45) is 11.3 Å². The second kappa shape index (κ2) is 3.41. The van der Waals surface area contributed by atoms with E-state index in [4.69, 9.17) is 5.11 Å². The molecule has 0 radical (unpaired) electrons. The molecule has 1 rings (SSSR count). The molecule has 0 amide bonds. The van der Waals surface area contributed by atoms with Gasteiger partial charge < -0.3 is 10.4 Å². The average Bonchev–Trinajstić information content (AvgIpc) is 2.08. The average molecular weight is 180 g/mol. The number of carboxylic acid groups (broad SMARTS) is 1. The molecule has 0 aromatic carbocycles. The number of rotatable bonds is 1. The SMILES string of the molecule is CC1(C)CNC[C@@H]1C(=O)O.Cl. The molecule has 1 aliphatic heterocycles. The van der Waals surface area contributed by atoms with Gasteiger partial charge in [-0.2, -0.15) is 0 Å². The predicted octanol–water partition coefficient (Wildman–Crippen LogP) is 0.738. The second-order valence-corrected chi connectivity index (χ2v) is 3.51. The van der Waals surface area contributed by atoms with Gasteiger partial charge in [0.25, 0.3) is 0 Å². The van der Waals surface area contributed by atoms with E-state index in [1.165, 1.54) is 0 Å². The molecule has 66 valence electrons. The van der Waals surface area contributed by atoms with Crippen LogP contribution in [0, 0.1) is 11.3 Å². The number of halogens is 1. The Balaban J connectivity index is 0.000001000. The van der Waals surface area contributed by atoms with Crippen LogP contribution in [0.1, 0.15) is 13.8 Å². The van der Waals surface area contributed by atoms with Crippen molar-refractivity contribution in [2.45, 2.75) is 13.8 Å². The van der Waals surface area contributed by atoms with Gasteiger partial charge in [0, 0.05) is 13.1 Å². The molecule has 1 saturated heterocycles. The molecule has 0 saturated carbocycles. The summed E-state index contributed by atoms with van der Waals surface area (Å²) in [6.07, 6.45) is 0. The Bertz CT molecular complexity index is 159. The highest BCUT2D eigenvalue weighted by Crippen LogP contribution is 2.29. The molecular weight excluding hydrogens is 166 g/mol. The third-order valence-corrected chi connectivity index (χ3v) is 2.17. The molecule has 0 aromatic rings. The molecule has 1 atom stereocenters. The first-order chi connectivity index (χ1) is 4.54. The lowest BCUT2D eigenvalue weighted by Gasteiger charge is -2.21. The number of aliphatic carboxylic acids is 1. The number of nitrogens with one attached hydrogen (secondary N) is 1. The van der Waals surface area contributed by atoms with Crippen molar-refractivity contribution >= 4 is 18.4 Å². The van der Waals surface area contributed by atoms with E-state index in [-0.39, 0.29) is 23.7 Å². The van der Waals surface area contributed by atoms with Gasteiger partial charge in [-0.15, -0.1) is 12.4 Å². The van der Waals surface area contributed by atoms with Gasteiger partial charge in [0.2, 0.25) is 0 Å². The van der Waals surface area contributed by atoms with Crippen LogP contribution in [0.3, 0.4) is 0 Å². The summed E-state index contributed by atoms with van der Waals surface area (Å²) >= 11 is 0. The Morgan fingerprint density at radius 2 is 2.18 bits per heavy atom. The van der Waals surface area contributed by atoms with Crippen molar-refractivity contribution in [1.29, 1.82) is 0 Å². The highest BCUT2D eigenvalue weighted by atomic mass is 35.5. The van der Waals surface area contributed by atoms with E-state index < -0.39 is 5.97 Å². The fourth-order valence-corrected chi connectivity index (χ4v) is 1.36. The third-order valence-electron chi connectivity index (χ3n) is 2.17. The highest BCUT2D eigenvalue weighted by molar-refractivity contribution is 5.85. The smallest absolute Gasteiger partial charge is 0.308 e. The zero-order chi connectivity index (χ0) is 7.78. The molecule has 2 N–H and O–H groups in total. The quantitative estimate of drug-likeness (QED) is 0.624. The van der Waals surface area contributed by atoms with Crippen LogP contribution < -0.4 is 5.32 Å². The van der Waals surface area contributed by atoms with Crippen LogP contribution in [0.4, 0.5) is 0 Å². The van der Waals surface area contributed by atoms with Crippen LogP contribution in [0.2, 0.25) is 0 Å². The van der Waals surface area contributed by atoms with E-state index in [0.717, 1.165) is 6.54 Å². The van der Waals surface area contributed by atoms with Crippen molar-refractivity contribution in [3.8, 4) is 0 Å². The molecule has 0 spiro atoms. The van der Waals surface area contributed by atoms with E-state index >= 15 is 0 Å². The Hall–Kier alpha value is -0.280. The Labute approximate surface area is 72.6 Å². The molecule has 1 heterocycles. The van der Waals surface area contributed by atoms with Gasteiger partial charge in [-0.1, -0.05) is 13.8 Å². The molecule has 4 heteroatoms. The molecule has 1 fully saturated rings. The van der Waals surface area contributed by atoms with Crippen molar-refractivity contribution in [1.82, 2.24) is 5.32 Å². The van der Waals surface area contributed by atoms with Gasteiger partial charge in [-0.05, 0) is 5.41 Å². The maximum absolute atomic E-state index is 10.6. The summed E-state index contributed by atoms with van der Waals surface area (Å²) in [5.74, 6) is -0.900. The minimum Gasteiger partial charge on any atom is -0.481 e. The maximum atomic E-state index is 10.6. The van der Waals surface area contributed by atoms with Gasteiger partial charge in [-0.25, -0.2) is 0 Å². The molecule has 3 nitrogen and oxygen atoms in total. The van der Waals surface area contributed by atoms with Crippen molar-refractivity contribution < 1.29 is 9.90 Å². The molecule has 0 bridgehead atoms. The lowest BCUT2D eigenvalue weighted by Crippen LogP contribution is -2.28. The number of carboxylic acids is 1. The maximum Gasteiger partial charge on any atom is 0.308 e. The van der Waals surface area contributed by atoms with Crippen LogP contribution in [-0.2, 0) is 4.79 Å². The van der Waals surface area contributed by atoms with Gasteiger partial charge in [0.05, 0.1) is 5.92 Å². The fourth-order valence-electron chi connectivity index (χ4n) is 1.36. The summed E-state index contributed by atoms with van der Waals surface area (Å²) < 4.78 is 0. The lowest BCUT2D eigenvalue weighted by molar-refractivity contribution is -0.143. The zero-order valence-corrected chi connectivity index (χ0v) is 7.57. The summed E-state index contributed by atoms with van der Waals surface area (Å²) in [4.78, 5) is 10.6. The van der Waals surface area contributed by atoms with Gasteiger partial charge >= 0.3 is 5.97 Å². The first-order valence-corrected chi connectivity index (χ1v) is 3.47. The van der Waals surface area contributed by atoms with Crippen LogP contribution in [0.25, 0.3) is 0 Å². The monoisotopic (exact) mass is 179 g/mol. The van der Waals surface area contributed by atoms with Crippen LogP contribution in [0.5, 0.6) is 0 Å². The van der Waals surface area contributed by atoms with E-state index in [0.29, 0.717) is 6.54 Å². The van der Waals surface area contributed by atoms with Crippen LogP contribution >= 0.6 is 12.4 Å². The van der Waals surface area contributed by atoms with Gasteiger partial charge in [0.1, 0.15) is 0 Å². The summed E-state index contributed by atoms with van der Waals surface area (Å²) in [6, 6.07) is 0. The summed E-state index contributed by atoms with van der Waals surface area (Å²) in [5.41, 5.74) is -0.0775. The second-order valence-electron chi connectivity index (χ2n) is 3.51. The third kappa shape index (κ3) is 2.07. The van der Waals surface area contributed by atoms with Crippen LogP contribution in [-0.4, -0.2) is 24.2 Å². The van der Waals surface area contributed by atoms with Crippen molar-refractivity contribution in [3.05, 3.63) is 0 Å². The summed E-state index contributed by atoms with van der Waals surface area (Å²) in [6.45, 7) is 5.38. The molecule has 1 aliphatic rings. The lowest BCUT2D eigenvalue weighted by atomic mass is 9.82. The van der Waals surface area contributed by atoms with Crippen LogP contribution in [0.15, 0.2) is 0 Å². The van der Waals surface area contributed by atoms with E-state index in [1.54, 1.807) is 0 Å². The molecule has 0 aromatic heterocycles. The minimum atomic E-state index is -0.685. The normalized spacial score (nSPS) is 27.6. The Morgan fingerprint density at radius 3 is 2.36 bits per heavy atom. The van der Waals surface area contributed by atoms with E-state index in [9.17, 15) is 4.79 Å². The molecular formula is C7H14ClNO2. The number of carbonyl (C=O) groups is 1. The molecule has 0 unspecified atom stereocenters. The van der Waals surface area contributed by atoms with E-state index in [1.807, 2.05) is 13.8 Å². The first kappa shape index (κ1) is 10.7. The summed E-state index contributed by atoms with van der Waals surface area (Å²) in [7, 11) is 0. The minimum absolute atomic E-state index is 0. The highest BCUT2D eigenvalue weighted by Gasteiger charge is 2.39. The van der Waals surface area contributed by atoms with Gasteiger partial charge in [-0.3, -0.25) is 4.79 Å². The first-order valence-electron chi connectivity index (χ1n) is 3.47. The predicted molar refractivity (Wildman–Crippen MR) is 45.0 cm³/mol. The topological polar surface area (TPSA) is 49.3 Å². The Kier molecular flexibility index (Phi) is 3.32. The molecule has 11 heavy (non-hydrogen) atoms. The number of hydrogen-bond acceptors (Lipinski definition) is 2. The number of hydrogen-bond donors (Lipinski definition) is 2. The van der Waals surface area contributed by atoms with Crippen molar-refractivity contribution in [2.75, 3.05) is 13.1 Å². The largest absolute Gasteiger partial charge is 0.481 e. The standard InChI is InChI=1S/C7H13NO2.ClH/c1-7(2)4-8-3-5(7)6(9)10;/h5,8H,3-4H2,1-2H3,(H,9,10);1H/t5-;/m1./s1. The Morgan fingerprint density at radius 1 is 1.64 bits per heavy atom. The van der Waals surface area contributed by atoms with Gasteiger partial charge in [0.15, 0.2) is 0 Å². The summed E-state index contributed by atoms with van der Waals surface area (Å²) in [5, 5.41) is 11.8. The fraction of sp³-hybridized carbons (Fsp3) is 0.857. The van der Waals surface area contributed by atoms with Crippen molar-refractivity contribution in [3.63, 3.8) is 0 Å². The van der Waals surface area contributed by atoms with E-state index in [2.05, 4.69) is 5.32 Å². The zero-order valence-electron chi connectivity index (χ0n) is 6.76.